The van der Waals surface area contributed by atoms with Gasteiger partial charge in [-0.1, -0.05) is 0 Å². The first kappa shape index (κ1) is 19.8. The Hall–Kier alpha value is -2.22. The fraction of sp³-hybridized carbons (Fsp3) is 0.625. The number of likely N-dealkylation sites (N-methyl/N-ethyl adjacent to an activating group) is 1. The molecule has 0 radical (unpaired) electrons. The van der Waals surface area contributed by atoms with Crippen LogP contribution in [0.3, 0.4) is 0 Å². The Bertz CT molecular complexity index is 509. The van der Waals surface area contributed by atoms with Crippen molar-refractivity contribution in [2.45, 2.75) is 32.4 Å². The number of hydrogen-bond acceptors (Lipinski definition) is 5. The molecule has 0 aliphatic rings. The fourth-order valence-corrected chi connectivity index (χ4v) is 1.93. The molecular weight excluding hydrogens is 312 g/mol. The van der Waals surface area contributed by atoms with E-state index >= 15 is 0 Å². The molecule has 0 aromatic carbocycles. The molecule has 0 aliphatic carbocycles. The van der Waals surface area contributed by atoms with E-state index in [-0.39, 0.29) is 18.6 Å². The van der Waals surface area contributed by atoms with Crippen LogP contribution in [0.5, 0.6) is 0 Å². The number of nitrogens with zero attached hydrogens (tertiary/aromatic N) is 1. The lowest BCUT2D eigenvalue weighted by Gasteiger charge is -2.22. The molecule has 1 aromatic rings. The lowest BCUT2D eigenvalue weighted by molar-refractivity contribution is 0.0528. The molecule has 0 fully saturated rings. The molecule has 1 heterocycles. The molecule has 0 bridgehead atoms. The van der Waals surface area contributed by atoms with Crippen molar-refractivity contribution in [2.24, 2.45) is 0 Å². The smallest absolute Gasteiger partial charge is 0.407 e. The van der Waals surface area contributed by atoms with Gasteiger partial charge in [-0.05, 0) is 47.0 Å². The van der Waals surface area contributed by atoms with E-state index in [0.717, 1.165) is 5.76 Å². The van der Waals surface area contributed by atoms with Crippen LogP contribution in [0.1, 0.15) is 32.6 Å². The van der Waals surface area contributed by atoms with Gasteiger partial charge in [-0.2, -0.15) is 0 Å². The van der Waals surface area contributed by atoms with Crippen LogP contribution in [0, 0.1) is 0 Å². The SMILES string of the molecule is CN(C)[C@H](CNC(=O)NCCNC(=O)OC(C)(C)C)c1ccco1. The largest absolute Gasteiger partial charge is 0.468 e. The number of rotatable bonds is 7. The standard InChI is InChI=1S/C16H28N4O4/c1-16(2,3)24-15(22)18-9-8-17-14(21)19-11-12(20(4)5)13-7-6-10-23-13/h6-7,10,12H,8-9,11H2,1-5H3,(H,18,22)(H2,17,19,21)/t12-/m1/s1. The van der Waals surface area contributed by atoms with Crippen LogP contribution in [-0.4, -0.2) is 56.4 Å². The average molecular weight is 340 g/mol. The third-order valence-corrected chi connectivity index (χ3v) is 3.03. The number of carbonyl (C=O) groups excluding carboxylic acids is 2. The first-order chi connectivity index (χ1) is 11.2. The van der Waals surface area contributed by atoms with E-state index < -0.39 is 11.7 Å². The summed E-state index contributed by atoms with van der Waals surface area (Å²) in [6, 6.07) is 3.33. The Kier molecular flexibility index (Phi) is 7.57. The topological polar surface area (TPSA) is 95.8 Å². The Labute approximate surface area is 142 Å². The second kappa shape index (κ2) is 9.17. The van der Waals surface area contributed by atoms with Gasteiger partial charge in [0.2, 0.25) is 0 Å². The molecule has 3 amide bonds. The molecule has 1 aromatic heterocycles. The van der Waals surface area contributed by atoms with Gasteiger partial charge in [-0.3, -0.25) is 4.90 Å². The highest BCUT2D eigenvalue weighted by Gasteiger charge is 2.18. The molecule has 1 rings (SSSR count). The molecule has 1 atom stereocenters. The van der Waals surface area contributed by atoms with Crippen LogP contribution in [-0.2, 0) is 4.74 Å². The van der Waals surface area contributed by atoms with E-state index in [2.05, 4.69) is 16.0 Å². The summed E-state index contributed by atoms with van der Waals surface area (Å²) in [5, 5.41) is 8.03. The molecule has 0 unspecified atom stereocenters. The van der Waals surface area contributed by atoms with Crippen molar-refractivity contribution in [3.63, 3.8) is 0 Å². The average Bonchev–Trinajstić information content (AvgIpc) is 2.95. The molecule has 0 saturated carbocycles. The summed E-state index contributed by atoms with van der Waals surface area (Å²) in [7, 11) is 3.83. The van der Waals surface area contributed by atoms with Gasteiger partial charge in [0.1, 0.15) is 11.4 Å². The van der Waals surface area contributed by atoms with Gasteiger partial charge in [0, 0.05) is 19.6 Å². The van der Waals surface area contributed by atoms with Crippen LogP contribution in [0.25, 0.3) is 0 Å². The predicted octanol–water partition coefficient (Wildman–Crippen LogP) is 1.71. The van der Waals surface area contributed by atoms with Crippen LogP contribution >= 0.6 is 0 Å². The van der Waals surface area contributed by atoms with Crippen molar-refractivity contribution >= 4 is 12.1 Å². The number of hydrogen-bond donors (Lipinski definition) is 3. The van der Waals surface area contributed by atoms with Crippen LogP contribution in [0.4, 0.5) is 9.59 Å². The summed E-state index contributed by atoms with van der Waals surface area (Å²) in [4.78, 5) is 25.2. The van der Waals surface area contributed by atoms with Gasteiger partial charge in [-0.15, -0.1) is 0 Å². The molecular formula is C16H28N4O4. The molecule has 8 heteroatoms. The predicted molar refractivity (Wildman–Crippen MR) is 90.8 cm³/mol. The van der Waals surface area contributed by atoms with Gasteiger partial charge in [0.15, 0.2) is 0 Å². The van der Waals surface area contributed by atoms with Crippen molar-refractivity contribution < 1.29 is 18.7 Å². The fourth-order valence-electron chi connectivity index (χ4n) is 1.93. The minimum atomic E-state index is -0.540. The Balaban J connectivity index is 2.23. The lowest BCUT2D eigenvalue weighted by Crippen LogP contribution is -2.43. The van der Waals surface area contributed by atoms with E-state index in [1.165, 1.54) is 0 Å². The number of amides is 3. The summed E-state index contributed by atoms with van der Waals surface area (Å²) < 4.78 is 10.5. The zero-order chi connectivity index (χ0) is 18.2. The van der Waals surface area contributed by atoms with E-state index in [1.807, 2.05) is 31.1 Å². The van der Waals surface area contributed by atoms with Crippen LogP contribution in [0.15, 0.2) is 22.8 Å². The summed E-state index contributed by atoms with van der Waals surface area (Å²) in [5.74, 6) is 0.784. The summed E-state index contributed by atoms with van der Waals surface area (Å²) in [5.41, 5.74) is -0.540. The molecule has 0 spiro atoms. The molecule has 136 valence electrons. The van der Waals surface area contributed by atoms with Crippen molar-refractivity contribution in [3.05, 3.63) is 24.2 Å². The van der Waals surface area contributed by atoms with E-state index in [0.29, 0.717) is 13.1 Å². The zero-order valence-corrected chi connectivity index (χ0v) is 15.0. The third-order valence-electron chi connectivity index (χ3n) is 3.03. The Morgan fingerprint density at radius 1 is 1.21 bits per heavy atom. The quantitative estimate of drug-likeness (QED) is 0.657. The third kappa shape index (κ3) is 7.87. The van der Waals surface area contributed by atoms with E-state index in [4.69, 9.17) is 9.15 Å². The van der Waals surface area contributed by atoms with Crippen LogP contribution < -0.4 is 16.0 Å². The van der Waals surface area contributed by atoms with Gasteiger partial charge < -0.3 is 25.1 Å². The van der Waals surface area contributed by atoms with Gasteiger partial charge in [-0.25, -0.2) is 9.59 Å². The normalized spacial score (nSPS) is 12.6. The van der Waals surface area contributed by atoms with E-state index in [1.54, 1.807) is 27.0 Å². The van der Waals surface area contributed by atoms with Gasteiger partial charge in [0.05, 0.1) is 12.3 Å². The van der Waals surface area contributed by atoms with Crippen molar-refractivity contribution in [3.8, 4) is 0 Å². The maximum absolute atomic E-state index is 11.8. The molecule has 8 nitrogen and oxygen atoms in total. The first-order valence-electron chi connectivity index (χ1n) is 7.87. The number of nitrogens with one attached hydrogen (secondary N) is 3. The summed E-state index contributed by atoms with van der Waals surface area (Å²) in [6.45, 7) is 6.37. The first-order valence-corrected chi connectivity index (χ1v) is 7.87. The second-order valence-corrected chi connectivity index (χ2v) is 6.56. The maximum Gasteiger partial charge on any atom is 0.407 e. The van der Waals surface area contributed by atoms with Gasteiger partial charge >= 0.3 is 12.1 Å². The van der Waals surface area contributed by atoms with Crippen molar-refractivity contribution in [2.75, 3.05) is 33.7 Å². The lowest BCUT2D eigenvalue weighted by atomic mass is 10.2. The Morgan fingerprint density at radius 3 is 2.42 bits per heavy atom. The number of carbonyl (C=O) groups is 2. The number of ether oxygens (including phenoxy) is 1. The van der Waals surface area contributed by atoms with E-state index in [9.17, 15) is 9.59 Å². The highest BCUT2D eigenvalue weighted by molar-refractivity contribution is 5.74. The zero-order valence-electron chi connectivity index (χ0n) is 15.0. The summed E-state index contributed by atoms with van der Waals surface area (Å²) >= 11 is 0. The Morgan fingerprint density at radius 2 is 1.88 bits per heavy atom. The number of alkyl carbamates (subject to hydrolysis) is 1. The second-order valence-electron chi connectivity index (χ2n) is 6.56. The van der Waals surface area contributed by atoms with Crippen molar-refractivity contribution in [1.29, 1.82) is 0 Å². The maximum atomic E-state index is 11.8. The van der Waals surface area contributed by atoms with Crippen molar-refractivity contribution in [1.82, 2.24) is 20.9 Å². The highest BCUT2D eigenvalue weighted by Crippen LogP contribution is 2.17. The highest BCUT2D eigenvalue weighted by atomic mass is 16.6. The van der Waals surface area contributed by atoms with Gasteiger partial charge in [0.25, 0.3) is 0 Å². The summed E-state index contributed by atoms with van der Waals surface area (Å²) in [6.07, 6.45) is 1.10. The number of furan rings is 1. The van der Waals surface area contributed by atoms with Crippen LogP contribution in [0.2, 0.25) is 0 Å². The molecule has 0 saturated heterocycles. The number of urea groups is 1. The monoisotopic (exact) mass is 340 g/mol. The molecule has 3 N–H and O–H groups in total. The minimum Gasteiger partial charge on any atom is -0.468 e. The molecule has 0 aliphatic heterocycles. The minimum absolute atomic E-state index is 0.0503. The molecule has 24 heavy (non-hydrogen) atoms.